The highest BCUT2D eigenvalue weighted by Gasteiger charge is 2.15. The standard InChI is InChI=1S/C22H17NO4/c24-21(23-16-6-8-18-20(12-16)26-10-9-25-18)11-15-13-27-19-7-5-14-3-1-2-4-17(14)22(15)19/h1-8,12-13H,9-11H2,(H,23,24). The van der Waals surface area contributed by atoms with E-state index < -0.39 is 0 Å². The maximum absolute atomic E-state index is 12.6. The van der Waals surface area contributed by atoms with Crippen LogP contribution in [0.15, 0.2) is 65.3 Å². The summed E-state index contributed by atoms with van der Waals surface area (Å²) in [4.78, 5) is 12.6. The van der Waals surface area contributed by atoms with Crippen LogP contribution < -0.4 is 14.8 Å². The van der Waals surface area contributed by atoms with Crippen LogP contribution in [-0.4, -0.2) is 19.1 Å². The van der Waals surface area contributed by atoms with E-state index in [-0.39, 0.29) is 12.3 Å². The molecule has 5 heteroatoms. The number of hydrogen-bond acceptors (Lipinski definition) is 4. The van der Waals surface area contributed by atoms with Gasteiger partial charge in [-0.25, -0.2) is 0 Å². The van der Waals surface area contributed by atoms with E-state index in [1.165, 1.54) is 0 Å². The van der Waals surface area contributed by atoms with Crippen LogP contribution in [0.25, 0.3) is 21.7 Å². The molecule has 1 aliphatic rings. The lowest BCUT2D eigenvalue weighted by Crippen LogP contribution is -2.17. The highest BCUT2D eigenvalue weighted by atomic mass is 16.6. The molecule has 0 saturated heterocycles. The molecule has 0 fully saturated rings. The predicted octanol–water partition coefficient (Wildman–Crippen LogP) is 4.54. The van der Waals surface area contributed by atoms with Crippen LogP contribution in [0.3, 0.4) is 0 Å². The monoisotopic (exact) mass is 359 g/mol. The third-order valence-corrected chi connectivity index (χ3v) is 4.72. The molecule has 0 unspecified atom stereocenters. The van der Waals surface area contributed by atoms with Crippen molar-refractivity contribution in [2.45, 2.75) is 6.42 Å². The van der Waals surface area contributed by atoms with Gasteiger partial charge in [-0.05, 0) is 29.0 Å². The number of furan rings is 1. The molecular formula is C22H17NO4. The van der Waals surface area contributed by atoms with Gasteiger partial charge in [-0.3, -0.25) is 4.79 Å². The number of anilines is 1. The first-order valence-corrected chi connectivity index (χ1v) is 8.85. The molecule has 134 valence electrons. The lowest BCUT2D eigenvalue weighted by Gasteiger charge is -2.19. The van der Waals surface area contributed by atoms with Crippen molar-refractivity contribution >= 4 is 33.3 Å². The Morgan fingerprint density at radius 3 is 2.74 bits per heavy atom. The molecule has 1 N–H and O–H groups in total. The number of fused-ring (bicyclic) bond motifs is 4. The first kappa shape index (κ1) is 15.8. The highest BCUT2D eigenvalue weighted by Crippen LogP contribution is 2.33. The third kappa shape index (κ3) is 2.87. The van der Waals surface area contributed by atoms with Gasteiger partial charge < -0.3 is 19.2 Å². The Hall–Kier alpha value is -3.47. The van der Waals surface area contributed by atoms with E-state index in [1.807, 2.05) is 36.4 Å². The fourth-order valence-electron chi connectivity index (χ4n) is 3.50. The van der Waals surface area contributed by atoms with Crippen molar-refractivity contribution in [1.29, 1.82) is 0 Å². The van der Waals surface area contributed by atoms with Gasteiger partial charge >= 0.3 is 0 Å². The zero-order valence-electron chi connectivity index (χ0n) is 14.5. The minimum absolute atomic E-state index is 0.109. The normalized spacial score (nSPS) is 13.0. The maximum atomic E-state index is 12.6. The van der Waals surface area contributed by atoms with E-state index in [2.05, 4.69) is 17.4 Å². The van der Waals surface area contributed by atoms with E-state index in [9.17, 15) is 4.79 Å². The summed E-state index contributed by atoms with van der Waals surface area (Å²) in [7, 11) is 0. The fourth-order valence-corrected chi connectivity index (χ4v) is 3.50. The van der Waals surface area contributed by atoms with Gasteiger partial charge in [0.15, 0.2) is 11.5 Å². The van der Waals surface area contributed by atoms with Crippen LogP contribution in [-0.2, 0) is 11.2 Å². The molecule has 0 atom stereocenters. The second-order valence-electron chi connectivity index (χ2n) is 6.50. The summed E-state index contributed by atoms with van der Waals surface area (Å²) >= 11 is 0. The first-order valence-electron chi connectivity index (χ1n) is 8.85. The number of rotatable bonds is 3. The van der Waals surface area contributed by atoms with Crippen molar-refractivity contribution in [2.24, 2.45) is 0 Å². The summed E-state index contributed by atoms with van der Waals surface area (Å²) in [5.41, 5.74) is 2.34. The van der Waals surface area contributed by atoms with Crippen LogP contribution in [0.2, 0.25) is 0 Å². The number of benzene rings is 3. The van der Waals surface area contributed by atoms with Crippen molar-refractivity contribution in [2.75, 3.05) is 18.5 Å². The second-order valence-corrected chi connectivity index (χ2v) is 6.50. The Morgan fingerprint density at radius 1 is 0.963 bits per heavy atom. The lowest BCUT2D eigenvalue weighted by atomic mass is 10.0. The van der Waals surface area contributed by atoms with Gasteiger partial charge in [0.05, 0.1) is 12.7 Å². The molecule has 2 heterocycles. The Kier molecular flexibility index (Phi) is 3.71. The molecule has 0 radical (unpaired) electrons. The quantitative estimate of drug-likeness (QED) is 0.583. The van der Waals surface area contributed by atoms with Gasteiger partial charge in [-0.2, -0.15) is 0 Å². The Labute approximate surface area is 155 Å². The van der Waals surface area contributed by atoms with Gasteiger partial charge in [0.1, 0.15) is 18.8 Å². The number of nitrogens with one attached hydrogen (secondary N) is 1. The van der Waals surface area contributed by atoms with Gasteiger partial charge in [-0.1, -0.05) is 30.3 Å². The molecular weight excluding hydrogens is 342 g/mol. The van der Waals surface area contributed by atoms with Crippen LogP contribution in [0, 0.1) is 0 Å². The number of hydrogen-bond donors (Lipinski definition) is 1. The van der Waals surface area contributed by atoms with Crippen molar-refractivity contribution in [1.82, 2.24) is 0 Å². The van der Waals surface area contributed by atoms with Crippen molar-refractivity contribution in [3.05, 3.63) is 66.4 Å². The minimum atomic E-state index is -0.109. The summed E-state index contributed by atoms with van der Waals surface area (Å²) in [5.74, 6) is 1.24. The van der Waals surface area contributed by atoms with Gasteiger partial charge in [-0.15, -0.1) is 0 Å². The van der Waals surface area contributed by atoms with E-state index in [1.54, 1.807) is 12.3 Å². The molecule has 0 saturated carbocycles. The largest absolute Gasteiger partial charge is 0.486 e. The van der Waals surface area contributed by atoms with Crippen LogP contribution in [0.4, 0.5) is 5.69 Å². The maximum Gasteiger partial charge on any atom is 0.228 e. The summed E-state index contributed by atoms with van der Waals surface area (Å²) < 4.78 is 16.7. The summed E-state index contributed by atoms with van der Waals surface area (Å²) in [5, 5.41) is 6.13. The molecule has 3 aromatic carbocycles. The predicted molar refractivity (Wildman–Crippen MR) is 103 cm³/mol. The minimum Gasteiger partial charge on any atom is -0.486 e. The molecule has 1 aliphatic heterocycles. The fraction of sp³-hybridized carbons (Fsp3) is 0.136. The molecule has 4 aromatic rings. The molecule has 5 nitrogen and oxygen atoms in total. The summed E-state index contributed by atoms with van der Waals surface area (Å²) in [6, 6.07) is 17.5. The van der Waals surface area contributed by atoms with E-state index in [0.717, 1.165) is 27.3 Å². The zero-order valence-corrected chi connectivity index (χ0v) is 14.5. The smallest absolute Gasteiger partial charge is 0.228 e. The molecule has 0 bridgehead atoms. The number of carbonyl (C=O) groups is 1. The van der Waals surface area contributed by atoms with E-state index in [0.29, 0.717) is 30.4 Å². The van der Waals surface area contributed by atoms with Crippen molar-refractivity contribution in [3.63, 3.8) is 0 Å². The Balaban J connectivity index is 1.42. The molecule has 1 amide bonds. The number of ether oxygens (including phenoxy) is 2. The van der Waals surface area contributed by atoms with Crippen LogP contribution in [0.1, 0.15) is 5.56 Å². The van der Waals surface area contributed by atoms with Gasteiger partial charge in [0.2, 0.25) is 5.91 Å². The molecule has 5 rings (SSSR count). The third-order valence-electron chi connectivity index (χ3n) is 4.72. The highest BCUT2D eigenvalue weighted by molar-refractivity contribution is 6.09. The number of carbonyl (C=O) groups excluding carboxylic acids is 1. The van der Waals surface area contributed by atoms with Gasteiger partial charge in [0, 0.05) is 22.7 Å². The lowest BCUT2D eigenvalue weighted by molar-refractivity contribution is -0.115. The second kappa shape index (κ2) is 6.36. The van der Waals surface area contributed by atoms with Crippen molar-refractivity contribution < 1.29 is 18.7 Å². The average molecular weight is 359 g/mol. The Morgan fingerprint density at radius 2 is 1.81 bits per heavy atom. The first-order chi connectivity index (χ1) is 13.3. The summed E-state index contributed by atoms with van der Waals surface area (Å²) in [6.45, 7) is 1.05. The van der Waals surface area contributed by atoms with Crippen LogP contribution >= 0.6 is 0 Å². The SMILES string of the molecule is O=C(Cc1coc2ccc3ccccc3c12)Nc1ccc2c(c1)OCCO2. The Bertz CT molecular complexity index is 1160. The zero-order chi connectivity index (χ0) is 18.2. The molecule has 0 aliphatic carbocycles. The number of amides is 1. The van der Waals surface area contributed by atoms with Gasteiger partial charge in [0.25, 0.3) is 0 Å². The van der Waals surface area contributed by atoms with Crippen LogP contribution in [0.5, 0.6) is 11.5 Å². The summed E-state index contributed by atoms with van der Waals surface area (Å²) in [6.07, 6.45) is 1.90. The topological polar surface area (TPSA) is 60.7 Å². The molecule has 27 heavy (non-hydrogen) atoms. The van der Waals surface area contributed by atoms with Crippen molar-refractivity contribution in [3.8, 4) is 11.5 Å². The molecule has 0 spiro atoms. The molecule has 1 aromatic heterocycles. The van der Waals surface area contributed by atoms with E-state index in [4.69, 9.17) is 13.9 Å². The van der Waals surface area contributed by atoms with E-state index >= 15 is 0 Å². The average Bonchev–Trinajstić information content (AvgIpc) is 3.11.